The number of oxazole rings is 1. The van der Waals surface area contributed by atoms with Crippen molar-refractivity contribution in [3.05, 3.63) is 81.3 Å². The molecule has 6 nitrogen and oxygen atoms in total. The predicted molar refractivity (Wildman–Crippen MR) is 143 cm³/mol. The van der Waals surface area contributed by atoms with Crippen LogP contribution in [0.25, 0.3) is 22.6 Å². The Balaban J connectivity index is 1.36. The standard InChI is InChI=1S/C26H23Cl2N3O3S/c1-14(2)17-8-9-22-21(12-17)30-25(34-22)16-6-4-15(5-7-16)13-29-26(35)31-24(32)18-10-19(27)23(33-3)20(28)11-18/h4-12,14H,13H2,1-3H3,(H2,29,31,32,35). The minimum atomic E-state index is -0.430. The molecule has 3 aromatic carbocycles. The Morgan fingerprint density at radius 3 is 2.40 bits per heavy atom. The number of hydrogen-bond donors (Lipinski definition) is 2. The van der Waals surface area contributed by atoms with E-state index >= 15 is 0 Å². The number of ether oxygens (including phenoxy) is 1. The van der Waals surface area contributed by atoms with Gasteiger partial charge in [0.25, 0.3) is 5.91 Å². The number of nitrogens with one attached hydrogen (secondary N) is 2. The van der Waals surface area contributed by atoms with Crippen LogP contribution in [0.4, 0.5) is 0 Å². The van der Waals surface area contributed by atoms with Gasteiger partial charge in [0.2, 0.25) is 5.89 Å². The topological polar surface area (TPSA) is 76.4 Å². The maximum absolute atomic E-state index is 12.5. The van der Waals surface area contributed by atoms with E-state index in [-0.39, 0.29) is 20.7 Å². The Morgan fingerprint density at radius 1 is 1.09 bits per heavy atom. The van der Waals surface area contributed by atoms with Gasteiger partial charge in [-0.2, -0.15) is 0 Å². The zero-order valence-corrected chi connectivity index (χ0v) is 21.6. The smallest absolute Gasteiger partial charge is 0.257 e. The van der Waals surface area contributed by atoms with Gasteiger partial charge in [-0.05, 0) is 65.7 Å². The number of thiocarbonyl (C=S) groups is 1. The number of carbonyl (C=O) groups excluding carboxylic acids is 1. The summed E-state index contributed by atoms with van der Waals surface area (Å²) in [6.45, 7) is 4.72. The number of rotatable bonds is 6. The second-order valence-corrected chi connectivity index (χ2v) is 9.43. The molecule has 35 heavy (non-hydrogen) atoms. The Morgan fingerprint density at radius 2 is 1.77 bits per heavy atom. The monoisotopic (exact) mass is 527 g/mol. The SMILES string of the molecule is COc1c(Cl)cc(C(=O)NC(=S)NCc2ccc(-c3nc4cc(C(C)C)ccc4o3)cc2)cc1Cl. The average molecular weight is 528 g/mol. The summed E-state index contributed by atoms with van der Waals surface area (Å²) < 4.78 is 11.0. The van der Waals surface area contributed by atoms with Crippen molar-refractivity contribution in [2.24, 2.45) is 0 Å². The summed E-state index contributed by atoms with van der Waals surface area (Å²) in [4.78, 5) is 17.1. The first-order valence-electron chi connectivity index (χ1n) is 10.9. The highest BCUT2D eigenvalue weighted by Gasteiger charge is 2.15. The zero-order chi connectivity index (χ0) is 25.1. The second-order valence-electron chi connectivity index (χ2n) is 8.21. The number of aromatic nitrogens is 1. The molecule has 0 radical (unpaired) electrons. The number of amides is 1. The molecule has 0 aliphatic carbocycles. The van der Waals surface area contributed by atoms with Gasteiger partial charge in [0.05, 0.1) is 17.2 Å². The molecular formula is C26H23Cl2N3O3S. The van der Waals surface area contributed by atoms with E-state index in [9.17, 15) is 4.79 Å². The molecule has 0 aliphatic rings. The summed E-state index contributed by atoms with van der Waals surface area (Å²) in [6, 6.07) is 16.8. The van der Waals surface area contributed by atoms with Crippen LogP contribution >= 0.6 is 35.4 Å². The second kappa shape index (κ2) is 10.6. The molecule has 0 saturated heterocycles. The van der Waals surface area contributed by atoms with Crippen molar-refractivity contribution in [1.82, 2.24) is 15.6 Å². The molecule has 1 amide bonds. The van der Waals surface area contributed by atoms with Crippen molar-refractivity contribution in [2.45, 2.75) is 26.3 Å². The van der Waals surface area contributed by atoms with Crippen molar-refractivity contribution < 1.29 is 13.9 Å². The van der Waals surface area contributed by atoms with Gasteiger partial charge in [0, 0.05) is 17.7 Å². The van der Waals surface area contributed by atoms with Crippen LogP contribution in [0, 0.1) is 0 Å². The van der Waals surface area contributed by atoms with Crippen molar-refractivity contribution >= 4 is 57.5 Å². The van der Waals surface area contributed by atoms with E-state index in [2.05, 4.69) is 41.6 Å². The van der Waals surface area contributed by atoms with Crippen molar-refractivity contribution in [3.8, 4) is 17.2 Å². The van der Waals surface area contributed by atoms with Gasteiger partial charge in [-0.15, -0.1) is 0 Å². The van der Waals surface area contributed by atoms with Crippen molar-refractivity contribution in [3.63, 3.8) is 0 Å². The van der Waals surface area contributed by atoms with Crippen molar-refractivity contribution in [2.75, 3.05) is 7.11 Å². The first-order chi connectivity index (χ1) is 16.7. The fourth-order valence-corrected chi connectivity index (χ4v) is 4.29. The van der Waals surface area contributed by atoms with Gasteiger partial charge < -0.3 is 14.5 Å². The highest BCUT2D eigenvalue weighted by atomic mass is 35.5. The quantitative estimate of drug-likeness (QED) is 0.270. The Labute approximate surface area is 218 Å². The van der Waals surface area contributed by atoms with E-state index in [1.807, 2.05) is 30.3 Å². The Kier molecular flexibility index (Phi) is 7.60. The Bertz CT molecular complexity index is 1380. The lowest BCUT2D eigenvalue weighted by atomic mass is 10.0. The highest BCUT2D eigenvalue weighted by molar-refractivity contribution is 7.80. The summed E-state index contributed by atoms with van der Waals surface area (Å²) in [5.74, 6) is 0.877. The zero-order valence-electron chi connectivity index (χ0n) is 19.3. The van der Waals surface area contributed by atoms with E-state index in [1.165, 1.54) is 24.8 Å². The van der Waals surface area contributed by atoms with Crippen LogP contribution in [-0.4, -0.2) is 23.1 Å². The lowest BCUT2D eigenvalue weighted by Gasteiger charge is -2.11. The van der Waals surface area contributed by atoms with E-state index in [4.69, 9.17) is 44.6 Å². The van der Waals surface area contributed by atoms with E-state index < -0.39 is 5.91 Å². The van der Waals surface area contributed by atoms with Gasteiger partial charge in [-0.3, -0.25) is 10.1 Å². The van der Waals surface area contributed by atoms with E-state index in [0.29, 0.717) is 24.1 Å². The summed E-state index contributed by atoms with van der Waals surface area (Å²) in [5.41, 5.74) is 4.94. The summed E-state index contributed by atoms with van der Waals surface area (Å²) in [7, 11) is 1.45. The minimum absolute atomic E-state index is 0.182. The van der Waals surface area contributed by atoms with Gasteiger partial charge in [0.1, 0.15) is 5.52 Å². The number of methoxy groups -OCH3 is 1. The molecule has 0 spiro atoms. The number of hydrogen-bond acceptors (Lipinski definition) is 5. The van der Waals surface area contributed by atoms with Crippen LogP contribution in [0.5, 0.6) is 5.75 Å². The van der Waals surface area contributed by atoms with Crippen LogP contribution in [0.1, 0.15) is 41.3 Å². The van der Waals surface area contributed by atoms with Gasteiger partial charge in [-0.1, -0.05) is 55.2 Å². The van der Waals surface area contributed by atoms with Gasteiger partial charge in [0.15, 0.2) is 16.4 Å². The number of benzene rings is 3. The van der Waals surface area contributed by atoms with Crippen molar-refractivity contribution in [1.29, 1.82) is 0 Å². The molecule has 4 rings (SSSR count). The lowest BCUT2D eigenvalue weighted by molar-refractivity contribution is 0.0976. The summed E-state index contributed by atoms with van der Waals surface area (Å²) in [5, 5.41) is 6.30. The molecule has 0 bridgehead atoms. The molecule has 0 atom stereocenters. The van der Waals surface area contributed by atoms with Crippen LogP contribution in [-0.2, 0) is 6.54 Å². The third kappa shape index (κ3) is 5.75. The Hall–Kier alpha value is -3.13. The largest absolute Gasteiger partial charge is 0.494 e. The molecular weight excluding hydrogens is 505 g/mol. The summed E-state index contributed by atoms with van der Waals surface area (Å²) in [6.07, 6.45) is 0. The molecule has 0 fully saturated rings. The molecule has 1 heterocycles. The maximum atomic E-state index is 12.5. The molecule has 2 N–H and O–H groups in total. The highest BCUT2D eigenvalue weighted by Crippen LogP contribution is 2.33. The lowest BCUT2D eigenvalue weighted by Crippen LogP contribution is -2.38. The average Bonchev–Trinajstić information content (AvgIpc) is 3.26. The third-order valence-electron chi connectivity index (χ3n) is 5.42. The molecule has 0 unspecified atom stereocenters. The first kappa shape index (κ1) is 25.0. The van der Waals surface area contributed by atoms with Gasteiger partial charge in [-0.25, -0.2) is 4.98 Å². The molecule has 180 valence electrons. The predicted octanol–water partition coefficient (Wildman–Crippen LogP) is 6.74. The van der Waals surface area contributed by atoms with E-state index in [0.717, 1.165) is 22.2 Å². The van der Waals surface area contributed by atoms with Crippen LogP contribution in [0.3, 0.4) is 0 Å². The molecule has 9 heteroatoms. The number of fused-ring (bicyclic) bond motifs is 1. The van der Waals surface area contributed by atoms with Crippen LogP contribution in [0.2, 0.25) is 10.0 Å². The molecule has 0 saturated carbocycles. The first-order valence-corrected chi connectivity index (χ1v) is 12.0. The molecule has 1 aromatic heterocycles. The van der Waals surface area contributed by atoms with Crippen LogP contribution < -0.4 is 15.4 Å². The fourth-order valence-electron chi connectivity index (χ4n) is 3.48. The van der Waals surface area contributed by atoms with Gasteiger partial charge >= 0.3 is 0 Å². The minimum Gasteiger partial charge on any atom is -0.494 e. The number of carbonyl (C=O) groups is 1. The van der Waals surface area contributed by atoms with Crippen LogP contribution in [0.15, 0.2) is 59.0 Å². The molecule has 4 aromatic rings. The molecule has 0 aliphatic heterocycles. The normalized spacial score (nSPS) is 11.0. The maximum Gasteiger partial charge on any atom is 0.257 e. The van der Waals surface area contributed by atoms with E-state index in [1.54, 1.807) is 0 Å². The number of halogens is 2. The third-order valence-corrected chi connectivity index (χ3v) is 6.23. The number of nitrogens with zero attached hydrogens (tertiary/aromatic N) is 1. The summed E-state index contributed by atoms with van der Waals surface area (Å²) >= 11 is 17.5. The fraction of sp³-hybridized carbons (Fsp3) is 0.192.